The van der Waals surface area contributed by atoms with Gasteiger partial charge in [0.2, 0.25) is 0 Å². The van der Waals surface area contributed by atoms with Gasteiger partial charge in [-0.3, -0.25) is 24.9 Å². The smallest absolute Gasteiger partial charge is 0.338 e. The lowest BCUT2D eigenvalue weighted by atomic mass is 9.95. The van der Waals surface area contributed by atoms with Gasteiger partial charge in [-0.1, -0.05) is 29.8 Å². The number of fused-ring (bicyclic) bond motifs is 1. The van der Waals surface area contributed by atoms with Gasteiger partial charge in [0.1, 0.15) is 5.69 Å². The van der Waals surface area contributed by atoms with Crippen molar-refractivity contribution in [2.24, 2.45) is 0 Å². The number of nitro benzene ring substituents is 1. The molecule has 1 amide bonds. The van der Waals surface area contributed by atoms with Gasteiger partial charge in [-0.15, -0.1) is 0 Å². The standard InChI is InChI=1S/C27H22N4O5/c1-3-36-27(33)19-10-12-20(13-11-19)30-25(18-8-14-21(15-9-18)31(34)35)22-23(28-29-24(22)26(30)32)17-6-4-16(2)5-7-17/h4-15,25H,3H2,1-2H3,(H,28,29)/t25-/m1/s1. The third-order valence-corrected chi connectivity index (χ3v) is 6.17. The van der Waals surface area contributed by atoms with Gasteiger partial charge >= 0.3 is 5.97 Å². The Kier molecular flexibility index (Phi) is 5.81. The van der Waals surface area contributed by atoms with Gasteiger partial charge in [0, 0.05) is 28.9 Å². The van der Waals surface area contributed by atoms with Crippen LogP contribution < -0.4 is 4.90 Å². The number of hydrogen-bond donors (Lipinski definition) is 1. The van der Waals surface area contributed by atoms with Crippen LogP contribution in [0.1, 0.15) is 50.5 Å². The molecule has 180 valence electrons. The predicted octanol–water partition coefficient (Wildman–Crippen LogP) is 5.22. The van der Waals surface area contributed by atoms with E-state index < -0.39 is 16.9 Å². The summed E-state index contributed by atoms with van der Waals surface area (Å²) in [7, 11) is 0. The van der Waals surface area contributed by atoms with Gasteiger partial charge in [0.05, 0.1) is 28.8 Å². The highest BCUT2D eigenvalue weighted by Gasteiger charge is 2.43. The van der Waals surface area contributed by atoms with Gasteiger partial charge in [0.25, 0.3) is 11.6 Å². The van der Waals surface area contributed by atoms with Crippen LogP contribution in [-0.2, 0) is 4.74 Å². The summed E-state index contributed by atoms with van der Waals surface area (Å²) >= 11 is 0. The summed E-state index contributed by atoms with van der Waals surface area (Å²) in [6.45, 7) is 3.98. The first-order chi connectivity index (χ1) is 17.4. The highest BCUT2D eigenvalue weighted by molar-refractivity contribution is 6.12. The van der Waals surface area contributed by atoms with Crippen molar-refractivity contribution in [2.45, 2.75) is 19.9 Å². The average molecular weight is 482 g/mol. The monoisotopic (exact) mass is 482 g/mol. The number of aromatic amines is 1. The molecule has 0 spiro atoms. The first kappa shape index (κ1) is 23.0. The molecule has 9 nitrogen and oxygen atoms in total. The van der Waals surface area contributed by atoms with Crippen molar-refractivity contribution in [3.63, 3.8) is 0 Å². The third kappa shape index (κ3) is 3.90. The number of nitrogens with one attached hydrogen (secondary N) is 1. The molecule has 0 saturated heterocycles. The number of nitrogens with zero attached hydrogens (tertiary/aromatic N) is 3. The van der Waals surface area contributed by atoms with Crippen LogP contribution >= 0.6 is 0 Å². The summed E-state index contributed by atoms with van der Waals surface area (Å²) in [5, 5.41) is 18.6. The van der Waals surface area contributed by atoms with Crippen molar-refractivity contribution < 1.29 is 19.2 Å². The van der Waals surface area contributed by atoms with E-state index in [0.717, 1.165) is 11.1 Å². The number of aryl methyl sites for hydroxylation is 1. The Morgan fingerprint density at radius 2 is 1.72 bits per heavy atom. The van der Waals surface area contributed by atoms with Gasteiger partial charge in [-0.2, -0.15) is 5.10 Å². The van der Waals surface area contributed by atoms with Gasteiger partial charge in [0.15, 0.2) is 0 Å². The van der Waals surface area contributed by atoms with Gasteiger partial charge in [-0.05, 0) is 55.8 Å². The number of carbonyl (C=O) groups is 2. The molecule has 36 heavy (non-hydrogen) atoms. The minimum absolute atomic E-state index is 0.0420. The van der Waals surface area contributed by atoms with Crippen molar-refractivity contribution in [1.82, 2.24) is 10.2 Å². The number of ether oxygens (including phenoxy) is 1. The summed E-state index contributed by atoms with van der Waals surface area (Å²) in [5.41, 5.74) is 5.20. The summed E-state index contributed by atoms with van der Waals surface area (Å²) in [6.07, 6.45) is 0. The number of esters is 1. The van der Waals surface area contributed by atoms with E-state index in [1.165, 1.54) is 12.1 Å². The number of anilines is 1. The van der Waals surface area contributed by atoms with Crippen LogP contribution in [0.25, 0.3) is 11.3 Å². The van der Waals surface area contributed by atoms with Crippen molar-refractivity contribution in [1.29, 1.82) is 0 Å². The fourth-order valence-electron chi connectivity index (χ4n) is 4.41. The topological polar surface area (TPSA) is 118 Å². The van der Waals surface area contributed by atoms with Gasteiger partial charge < -0.3 is 4.74 Å². The average Bonchev–Trinajstić information content (AvgIpc) is 3.44. The molecule has 1 aliphatic rings. The van der Waals surface area contributed by atoms with Crippen LogP contribution in [0.2, 0.25) is 0 Å². The first-order valence-corrected chi connectivity index (χ1v) is 11.4. The Hall–Kier alpha value is -4.79. The van der Waals surface area contributed by atoms with E-state index >= 15 is 0 Å². The molecule has 1 aromatic heterocycles. The molecule has 0 aliphatic carbocycles. The van der Waals surface area contributed by atoms with Crippen LogP contribution in [0, 0.1) is 17.0 Å². The maximum Gasteiger partial charge on any atom is 0.338 e. The second-order valence-corrected chi connectivity index (χ2v) is 8.42. The molecule has 4 aromatic rings. The van der Waals surface area contributed by atoms with E-state index in [4.69, 9.17) is 4.74 Å². The SMILES string of the molecule is CCOC(=O)c1ccc(N2C(=O)c3[nH]nc(-c4ccc(C)cc4)c3[C@H]2c2ccc([N+](=O)[O-])cc2)cc1. The maximum absolute atomic E-state index is 13.6. The highest BCUT2D eigenvalue weighted by atomic mass is 16.6. The Balaban J connectivity index is 1.63. The fourth-order valence-corrected chi connectivity index (χ4v) is 4.41. The summed E-state index contributed by atoms with van der Waals surface area (Å²) in [4.78, 5) is 38.1. The van der Waals surface area contributed by atoms with Crippen molar-refractivity contribution >= 4 is 23.3 Å². The van der Waals surface area contributed by atoms with Crippen molar-refractivity contribution in [2.75, 3.05) is 11.5 Å². The zero-order chi connectivity index (χ0) is 25.4. The number of nitro groups is 1. The van der Waals surface area contributed by atoms with E-state index in [1.807, 2.05) is 31.2 Å². The summed E-state index contributed by atoms with van der Waals surface area (Å²) in [6, 6.07) is 20.0. The lowest BCUT2D eigenvalue weighted by Crippen LogP contribution is -2.29. The molecule has 1 aliphatic heterocycles. The Labute approximate surface area is 206 Å². The predicted molar refractivity (Wildman–Crippen MR) is 133 cm³/mol. The van der Waals surface area contributed by atoms with E-state index in [1.54, 1.807) is 48.2 Å². The summed E-state index contributed by atoms with van der Waals surface area (Å²) < 4.78 is 5.06. The highest BCUT2D eigenvalue weighted by Crippen LogP contribution is 2.45. The zero-order valence-electron chi connectivity index (χ0n) is 19.6. The number of carbonyl (C=O) groups excluding carboxylic acids is 2. The van der Waals surface area contributed by atoms with Crippen LogP contribution in [0.15, 0.2) is 72.8 Å². The molecule has 2 heterocycles. The molecule has 0 saturated carbocycles. The Morgan fingerprint density at radius 3 is 2.33 bits per heavy atom. The van der Waals surface area contributed by atoms with E-state index in [2.05, 4.69) is 10.2 Å². The fraction of sp³-hybridized carbons (Fsp3) is 0.148. The number of H-pyrrole nitrogens is 1. The molecule has 9 heteroatoms. The zero-order valence-corrected chi connectivity index (χ0v) is 19.6. The minimum atomic E-state index is -0.586. The van der Waals surface area contributed by atoms with Crippen LogP contribution in [-0.4, -0.2) is 33.6 Å². The number of rotatable bonds is 6. The first-order valence-electron chi connectivity index (χ1n) is 11.4. The largest absolute Gasteiger partial charge is 0.462 e. The number of benzene rings is 3. The van der Waals surface area contributed by atoms with E-state index in [0.29, 0.717) is 33.8 Å². The van der Waals surface area contributed by atoms with E-state index in [9.17, 15) is 19.7 Å². The molecule has 5 rings (SSSR count). The second-order valence-electron chi connectivity index (χ2n) is 8.42. The molecule has 0 fully saturated rings. The maximum atomic E-state index is 13.6. The Morgan fingerprint density at radius 1 is 1.06 bits per heavy atom. The molecule has 0 radical (unpaired) electrons. The quantitative estimate of drug-likeness (QED) is 0.229. The molecule has 3 aromatic carbocycles. The molecule has 1 atom stereocenters. The van der Waals surface area contributed by atoms with Crippen LogP contribution in [0.5, 0.6) is 0 Å². The number of non-ortho nitro benzene ring substituents is 1. The lowest BCUT2D eigenvalue weighted by molar-refractivity contribution is -0.384. The lowest BCUT2D eigenvalue weighted by Gasteiger charge is -2.26. The molecule has 1 N–H and O–H groups in total. The normalized spacial score (nSPS) is 14.6. The van der Waals surface area contributed by atoms with Gasteiger partial charge in [-0.25, -0.2) is 4.79 Å². The van der Waals surface area contributed by atoms with Crippen LogP contribution in [0.3, 0.4) is 0 Å². The second kappa shape index (κ2) is 9.10. The van der Waals surface area contributed by atoms with Crippen molar-refractivity contribution in [3.05, 3.63) is 111 Å². The van der Waals surface area contributed by atoms with Crippen molar-refractivity contribution in [3.8, 4) is 11.3 Å². The number of aromatic nitrogens is 2. The minimum Gasteiger partial charge on any atom is -0.462 e. The third-order valence-electron chi connectivity index (χ3n) is 6.17. The molecule has 0 bridgehead atoms. The number of amides is 1. The van der Waals surface area contributed by atoms with Crippen LogP contribution in [0.4, 0.5) is 11.4 Å². The molecule has 0 unspecified atom stereocenters. The molecular weight excluding hydrogens is 460 g/mol. The summed E-state index contributed by atoms with van der Waals surface area (Å²) in [5.74, 6) is -0.733. The Bertz CT molecular complexity index is 1460. The molecular formula is C27H22N4O5. The number of hydrogen-bond acceptors (Lipinski definition) is 6. The van der Waals surface area contributed by atoms with E-state index in [-0.39, 0.29) is 18.2 Å².